The van der Waals surface area contributed by atoms with E-state index in [2.05, 4.69) is 5.73 Å². The van der Waals surface area contributed by atoms with Gasteiger partial charge in [0.05, 0.1) is 0 Å². The molecule has 0 saturated heterocycles. The van der Waals surface area contributed by atoms with E-state index in [1.165, 1.54) is 7.05 Å². The predicted octanol–water partition coefficient (Wildman–Crippen LogP) is 1.54. The van der Waals surface area contributed by atoms with Crippen LogP contribution in [0.15, 0.2) is 24.3 Å². The van der Waals surface area contributed by atoms with Crippen molar-refractivity contribution in [3.05, 3.63) is 35.9 Å². The summed E-state index contributed by atoms with van der Waals surface area (Å²) in [4.78, 5) is 0. The maximum atomic E-state index is 11.9. The number of hydrogen-bond donors (Lipinski definition) is 1. The fourth-order valence-corrected chi connectivity index (χ4v) is 0.430. The van der Waals surface area contributed by atoms with Gasteiger partial charge < -0.3 is 5.73 Å². The van der Waals surface area contributed by atoms with Gasteiger partial charge in [-0.25, -0.2) is 8.78 Å². The molecular weight excluding hydrogens is 136 g/mol. The fraction of sp³-hybridized carbons (Fsp3) is 0.143. The van der Waals surface area contributed by atoms with Crippen LogP contribution in [0.2, 0.25) is 0 Å². The molecule has 0 aliphatic carbocycles. The third-order valence-corrected chi connectivity index (χ3v) is 0.804. The van der Waals surface area contributed by atoms with Gasteiger partial charge in [-0.3, -0.25) is 0 Å². The van der Waals surface area contributed by atoms with E-state index in [0.29, 0.717) is 0 Å². The number of hydrogen-bond acceptors (Lipinski definition) is 1. The molecule has 0 heterocycles. The lowest BCUT2D eigenvalue weighted by Crippen LogP contribution is -1.72. The third kappa shape index (κ3) is 3.14. The Morgan fingerprint density at radius 2 is 1.10 bits per heavy atom. The highest BCUT2D eigenvalue weighted by Gasteiger charge is 1.86. The number of rotatable bonds is 0. The Kier molecular flexibility index (Phi) is 4.41. The van der Waals surface area contributed by atoms with E-state index < -0.39 is 11.6 Å². The minimum absolute atomic E-state index is 0.411. The van der Waals surface area contributed by atoms with Crippen molar-refractivity contribution in [3.8, 4) is 0 Å². The van der Waals surface area contributed by atoms with E-state index in [0.717, 1.165) is 24.3 Å². The van der Waals surface area contributed by atoms with Crippen molar-refractivity contribution in [3.63, 3.8) is 0 Å². The van der Waals surface area contributed by atoms with Gasteiger partial charge in [0.2, 0.25) is 0 Å². The molecule has 0 unspecified atom stereocenters. The van der Waals surface area contributed by atoms with Crippen molar-refractivity contribution in [1.29, 1.82) is 0 Å². The van der Waals surface area contributed by atoms with Gasteiger partial charge in [0, 0.05) is 0 Å². The molecule has 0 aromatic heterocycles. The largest absolute Gasteiger partial charge is 0.333 e. The molecule has 0 radical (unpaired) electrons. The van der Waals surface area contributed by atoms with Crippen LogP contribution in [0.1, 0.15) is 0 Å². The van der Waals surface area contributed by atoms with Crippen LogP contribution < -0.4 is 5.73 Å². The Hall–Kier alpha value is -0.960. The molecule has 0 spiro atoms. The maximum absolute atomic E-state index is 11.9. The Bertz CT molecular complexity index is 150. The SMILES string of the molecule is CN.Fc1ccc(F)cc1. The van der Waals surface area contributed by atoms with Crippen molar-refractivity contribution >= 4 is 0 Å². The first-order chi connectivity index (χ1) is 4.79. The van der Waals surface area contributed by atoms with Gasteiger partial charge in [-0.15, -0.1) is 0 Å². The molecule has 10 heavy (non-hydrogen) atoms. The molecule has 1 aromatic rings. The molecule has 0 fully saturated rings. The zero-order valence-corrected chi connectivity index (χ0v) is 5.64. The Labute approximate surface area is 58.5 Å². The molecule has 0 bridgehead atoms. The van der Waals surface area contributed by atoms with E-state index in [-0.39, 0.29) is 0 Å². The smallest absolute Gasteiger partial charge is 0.123 e. The number of halogens is 2. The van der Waals surface area contributed by atoms with Crippen molar-refractivity contribution in [2.75, 3.05) is 7.05 Å². The Balaban J connectivity index is 0.000000371. The highest BCUT2D eigenvalue weighted by atomic mass is 19.1. The molecule has 2 N–H and O–H groups in total. The highest BCUT2D eigenvalue weighted by molar-refractivity contribution is 5.04. The summed E-state index contributed by atoms with van der Waals surface area (Å²) in [5.74, 6) is -0.821. The zero-order valence-electron chi connectivity index (χ0n) is 5.64. The van der Waals surface area contributed by atoms with Crippen molar-refractivity contribution < 1.29 is 8.78 Å². The topological polar surface area (TPSA) is 26.0 Å². The second kappa shape index (κ2) is 4.88. The van der Waals surface area contributed by atoms with Crippen LogP contribution in [0.4, 0.5) is 8.78 Å². The molecular formula is C7H9F2N. The molecule has 56 valence electrons. The van der Waals surface area contributed by atoms with Crippen molar-refractivity contribution in [2.24, 2.45) is 5.73 Å². The van der Waals surface area contributed by atoms with Crippen LogP contribution in [0.25, 0.3) is 0 Å². The summed E-state index contributed by atoms with van der Waals surface area (Å²) in [5, 5.41) is 0. The first kappa shape index (κ1) is 9.04. The first-order valence-electron chi connectivity index (χ1n) is 2.78. The summed E-state index contributed by atoms with van der Waals surface area (Å²) in [7, 11) is 1.50. The summed E-state index contributed by atoms with van der Waals surface area (Å²) >= 11 is 0. The quantitative estimate of drug-likeness (QED) is 0.588. The third-order valence-electron chi connectivity index (χ3n) is 0.804. The molecule has 0 saturated carbocycles. The van der Waals surface area contributed by atoms with E-state index in [1.807, 2.05) is 0 Å². The van der Waals surface area contributed by atoms with Crippen LogP contribution in [0.5, 0.6) is 0 Å². The lowest BCUT2D eigenvalue weighted by atomic mass is 10.3. The van der Waals surface area contributed by atoms with E-state index in [9.17, 15) is 8.78 Å². The molecule has 0 aliphatic heterocycles. The molecule has 3 heteroatoms. The Morgan fingerprint density at radius 3 is 1.30 bits per heavy atom. The summed E-state index contributed by atoms with van der Waals surface area (Å²) in [6.45, 7) is 0. The number of benzene rings is 1. The van der Waals surface area contributed by atoms with Gasteiger partial charge in [0.1, 0.15) is 11.6 Å². The fourth-order valence-electron chi connectivity index (χ4n) is 0.430. The first-order valence-corrected chi connectivity index (χ1v) is 2.78. The van der Waals surface area contributed by atoms with Crippen LogP contribution in [-0.2, 0) is 0 Å². The van der Waals surface area contributed by atoms with Crippen LogP contribution >= 0.6 is 0 Å². The normalized spacial score (nSPS) is 8.00. The van der Waals surface area contributed by atoms with Crippen LogP contribution in [0.3, 0.4) is 0 Å². The zero-order chi connectivity index (χ0) is 7.98. The minimum Gasteiger partial charge on any atom is -0.333 e. The summed E-state index contributed by atoms with van der Waals surface area (Å²) in [5.41, 5.74) is 4.50. The second-order valence-electron chi connectivity index (χ2n) is 1.44. The standard InChI is InChI=1S/C6H4F2.CH5N/c7-5-1-2-6(8)4-3-5;1-2/h1-4H;2H2,1H3. The summed E-state index contributed by atoms with van der Waals surface area (Å²) < 4.78 is 23.8. The van der Waals surface area contributed by atoms with Gasteiger partial charge in [-0.05, 0) is 31.3 Å². The van der Waals surface area contributed by atoms with E-state index in [1.54, 1.807) is 0 Å². The monoisotopic (exact) mass is 145 g/mol. The minimum atomic E-state index is -0.411. The van der Waals surface area contributed by atoms with E-state index >= 15 is 0 Å². The molecule has 0 amide bonds. The molecule has 1 nitrogen and oxygen atoms in total. The molecule has 0 aliphatic rings. The Morgan fingerprint density at radius 1 is 0.900 bits per heavy atom. The van der Waals surface area contributed by atoms with Gasteiger partial charge in [0.25, 0.3) is 0 Å². The van der Waals surface area contributed by atoms with Crippen molar-refractivity contribution in [1.82, 2.24) is 0 Å². The van der Waals surface area contributed by atoms with Gasteiger partial charge in [-0.2, -0.15) is 0 Å². The maximum Gasteiger partial charge on any atom is 0.123 e. The van der Waals surface area contributed by atoms with E-state index in [4.69, 9.17) is 0 Å². The summed E-state index contributed by atoms with van der Waals surface area (Å²) in [6, 6.07) is 4.31. The molecule has 0 atom stereocenters. The molecule has 1 rings (SSSR count). The number of nitrogens with two attached hydrogens (primary N) is 1. The highest BCUT2D eigenvalue weighted by Crippen LogP contribution is 1.98. The average Bonchev–Trinajstić information content (AvgIpc) is 2.00. The van der Waals surface area contributed by atoms with Crippen LogP contribution in [-0.4, -0.2) is 7.05 Å². The second-order valence-corrected chi connectivity index (χ2v) is 1.44. The average molecular weight is 145 g/mol. The van der Waals surface area contributed by atoms with Crippen LogP contribution in [0, 0.1) is 11.6 Å². The molecule has 1 aromatic carbocycles. The predicted molar refractivity (Wildman–Crippen MR) is 36.5 cm³/mol. The van der Waals surface area contributed by atoms with Gasteiger partial charge >= 0.3 is 0 Å². The van der Waals surface area contributed by atoms with Gasteiger partial charge in [-0.1, -0.05) is 0 Å². The van der Waals surface area contributed by atoms with Gasteiger partial charge in [0.15, 0.2) is 0 Å². The lowest BCUT2D eigenvalue weighted by molar-refractivity contribution is 0.600. The summed E-state index contributed by atoms with van der Waals surface area (Å²) in [6.07, 6.45) is 0. The van der Waals surface area contributed by atoms with Crippen molar-refractivity contribution in [2.45, 2.75) is 0 Å². The lowest BCUT2D eigenvalue weighted by Gasteiger charge is -1.83.